The SMILES string of the molecule is C[C@@H](OCc1ccccc1)[C@H](NC(=O)c1cc(F)cc(NC(=O)OCC2c3ccccc3-c3ccccc32)c1)C(=O)O. The van der Waals surface area contributed by atoms with Crippen molar-refractivity contribution in [2.24, 2.45) is 0 Å². The molecular formula is C33H29FN2O6. The number of fused-ring (bicyclic) bond motifs is 3. The highest BCUT2D eigenvalue weighted by atomic mass is 19.1. The molecule has 0 aromatic heterocycles. The predicted octanol–water partition coefficient (Wildman–Crippen LogP) is 5.98. The summed E-state index contributed by atoms with van der Waals surface area (Å²) in [5.74, 6) is -3.10. The van der Waals surface area contributed by atoms with Crippen LogP contribution in [0, 0.1) is 5.82 Å². The number of anilines is 1. The molecule has 0 aliphatic heterocycles. The Morgan fingerprint density at radius 3 is 2.14 bits per heavy atom. The van der Waals surface area contributed by atoms with Crippen LogP contribution < -0.4 is 10.6 Å². The van der Waals surface area contributed by atoms with Gasteiger partial charge in [0, 0.05) is 17.2 Å². The Hall–Kier alpha value is -5.02. The van der Waals surface area contributed by atoms with Gasteiger partial charge in [0.25, 0.3) is 5.91 Å². The zero-order valence-corrected chi connectivity index (χ0v) is 22.8. The molecule has 0 saturated carbocycles. The van der Waals surface area contributed by atoms with Crippen LogP contribution in [0.3, 0.4) is 0 Å². The van der Waals surface area contributed by atoms with Crippen LogP contribution in [-0.2, 0) is 20.9 Å². The molecule has 0 saturated heterocycles. The first-order valence-corrected chi connectivity index (χ1v) is 13.4. The molecule has 0 radical (unpaired) electrons. The monoisotopic (exact) mass is 568 g/mol. The van der Waals surface area contributed by atoms with E-state index in [0.29, 0.717) is 0 Å². The normalized spacial score (nSPS) is 13.4. The zero-order chi connectivity index (χ0) is 29.6. The van der Waals surface area contributed by atoms with Crippen molar-refractivity contribution in [3.05, 3.63) is 125 Å². The molecule has 9 heteroatoms. The number of benzene rings is 4. The van der Waals surface area contributed by atoms with E-state index in [2.05, 4.69) is 10.6 Å². The van der Waals surface area contributed by atoms with Gasteiger partial charge in [0.1, 0.15) is 12.4 Å². The lowest BCUT2D eigenvalue weighted by Crippen LogP contribution is -2.48. The van der Waals surface area contributed by atoms with Crippen LogP contribution in [0.2, 0.25) is 0 Å². The molecular weight excluding hydrogens is 539 g/mol. The maximum Gasteiger partial charge on any atom is 0.411 e. The highest BCUT2D eigenvalue weighted by molar-refractivity contribution is 5.98. The van der Waals surface area contributed by atoms with Crippen molar-refractivity contribution in [2.75, 3.05) is 11.9 Å². The third-order valence-corrected chi connectivity index (χ3v) is 7.13. The molecule has 42 heavy (non-hydrogen) atoms. The van der Waals surface area contributed by atoms with Gasteiger partial charge < -0.3 is 19.9 Å². The maximum atomic E-state index is 14.5. The summed E-state index contributed by atoms with van der Waals surface area (Å²) in [4.78, 5) is 37.5. The van der Waals surface area contributed by atoms with Crippen LogP contribution in [0.5, 0.6) is 0 Å². The Morgan fingerprint density at radius 2 is 1.50 bits per heavy atom. The summed E-state index contributed by atoms with van der Waals surface area (Å²) in [5.41, 5.74) is 4.92. The van der Waals surface area contributed by atoms with Gasteiger partial charge in [0.05, 0.1) is 12.7 Å². The number of hydrogen-bond donors (Lipinski definition) is 3. The standard InChI is InChI=1S/C33H29FN2O6/c1-20(41-18-21-9-3-2-4-10-21)30(32(38)39)36-31(37)22-15-23(34)17-24(16-22)35-33(40)42-19-29-27-13-7-5-11-25(27)26-12-6-8-14-28(26)29/h2-17,20,29-30H,18-19H2,1H3,(H,35,40)(H,36,37)(H,38,39)/t20-,30+/m1/s1. The van der Waals surface area contributed by atoms with Crippen molar-refractivity contribution in [2.45, 2.75) is 31.6 Å². The third kappa shape index (κ3) is 6.47. The number of nitrogens with one attached hydrogen (secondary N) is 2. The second kappa shape index (κ2) is 12.7. The Morgan fingerprint density at radius 1 is 0.881 bits per heavy atom. The van der Waals surface area contributed by atoms with Crippen molar-refractivity contribution in [1.82, 2.24) is 5.32 Å². The number of carbonyl (C=O) groups excluding carboxylic acids is 2. The van der Waals surface area contributed by atoms with Gasteiger partial charge in [-0.15, -0.1) is 0 Å². The molecule has 4 aromatic rings. The average Bonchev–Trinajstić information content (AvgIpc) is 3.31. The van der Waals surface area contributed by atoms with Crippen LogP contribution >= 0.6 is 0 Å². The Labute approximate surface area is 242 Å². The summed E-state index contributed by atoms with van der Waals surface area (Å²) < 4.78 is 25.6. The number of halogens is 1. The molecule has 1 aliphatic rings. The van der Waals surface area contributed by atoms with Crippen molar-refractivity contribution in [3.8, 4) is 11.1 Å². The topological polar surface area (TPSA) is 114 Å². The van der Waals surface area contributed by atoms with Crippen molar-refractivity contribution in [1.29, 1.82) is 0 Å². The summed E-state index contributed by atoms with van der Waals surface area (Å²) in [7, 11) is 0. The Balaban J connectivity index is 1.21. The summed E-state index contributed by atoms with van der Waals surface area (Å²) >= 11 is 0. The number of hydrogen-bond acceptors (Lipinski definition) is 5. The minimum atomic E-state index is -1.40. The van der Waals surface area contributed by atoms with Gasteiger partial charge in [-0.3, -0.25) is 10.1 Å². The maximum absolute atomic E-state index is 14.5. The number of rotatable bonds is 10. The van der Waals surface area contributed by atoms with Gasteiger partial charge in [0.2, 0.25) is 0 Å². The van der Waals surface area contributed by atoms with Gasteiger partial charge in [-0.1, -0.05) is 78.9 Å². The first-order valence-electron chi connectivity index (χ1n) is 13.4. The Bertz CT molecular complexity index is 1560. The number of amides is 2. The van der Waals surface area contributed by atoms with Gasteiger partial charge in [-0.25, -0.2) is 14.0 Å². The number of carbonyl (C=O) groups is 3. The van der Waals surface area contributed by atoms with Gasteiger partial charge in [-0.05, 0) is 52.9 Å². The zero-order valence-electron chi connectivity index (χ0n) is 22.8. The fraction of sp³-hybridized carbons (Fsp3) is 0.182. The largest absolute Gasteiger partial charge is 0.480 e. The molecule has 2 atom stereocenters. The van der Waals surface area contributed by atoms with E-state index in [1.165, 1.54) is 13.0 Å². The quantitative estimate of drug-likeness (QED) is 0.217. The minimum Gasteiger partial charge on any atom is -0.480 e. The van der Waals surface area contributed by atoms with Crippen molar-refractivity contribution < 1.29 is 33.4 Å². The summed E-state index contributed by atoms with van der Waals surface area (Å²) in [6, 6.07) is 26.8. The summed E-state index contributed by atoms with van der Waals surface area (Å²) in [5, 5.41) is 14.5. The van der Waals surface area contributed by atoms with E-state index < -0.39 is 35.9 Å². The van der Waals surface area contributed by atoms with E-state index in [9.17, 15) is 23.9 Å². The van der Waals surface area contributed by atoms with Crippen LogP contribution in [0.25, 0.3) is 11.1 Å². The molecule has 1 aliphatic carbocycles. The minimum absolute atomic E-state index is 0.0161. The third-order valence-electron chi connectivity index (χ3n) is 7.13. The number of carboxylic acids is 1. The molecule has 2 amide bonds. The molecule has 3 N–H and O–H groups in total. The predicted molar refractivity (Wildman–Crippen MR) is 155 cm³/mol. The molecule has 0 heterocycles. The number of aliphatic carboxylic acids is 1. The molecule has 0 fully saturated rings. The van der Waals surface area contributed by atoms with Crippen LogP contribution in [0.1, 0.15) is 39.9 Å². The highest BCUT2D eigenvalue weighted by Gasteiger charge is 2.30. The highest BCUT2D eigenvalue weighted by Crippen LogP contribution is 2.44. The molecule has 5 rings (SSSR count). The smallest absolute Gasteiger partial charge is 0.411 e. The lowest BCUT2D eigenvalue weighted by molar-refractivity contribution is -0.143. The summed E-state index contributed by atoms with van der Waals surface area (Å²) in [6.07, 6.45) is -1.71. The van der Waals surface area contributed by atoms with Crippen molar-refractivity contribution >= 4 is 23.7 Å². The van der Waals surface area contributed by atoms with Gasteiger partial charge in [-0.2, -0.15) is 0 Å². The fourth-order valence-corrected chi connectivity index (χ4v) is 5.05. The molecule has 214 valence electrons. The second-order valence-electron chi connectivity index (χ2n) is 9.97. The first kappa shape index (κ1) is 28.5. The van der Waals surface area contributed by atoms with Crippen LogP contribution in [-0.4, -0.2) is 41.8 Å². The number of ether oxygens (including phenoxy) is 2. The van der Waals surface area contributed by atoms with E-state index >= 15 is 0 Å². The second-order valence-corrected chi connectivity index (χ2v) is 9.97. The molecule has 4 aromatic carbocycles. The van der Waals surface area contributed by atoms with E-state index in [1.54, 1.807) is 0 Å². The van der Waals surface area contributed by atoms with E-state index in [4.69, 9.17) is 9.47 Å². The van der Waals surface area contributed by atoms with Crippen LogP contribution in [0.4, 0.5) is 14.9 Å². The van der Waals surface area contributed by atoms with Gasteiger partial charge >= 0.3 is 12.1 Å². The lowest BCUT2D eigenvalue weighted by Gasteiger charge is -2.22. The average molecular weight is 569 g/mol. The summed E-state index contributed by atoms with van der Waals surface area (Å²) in [6.45, 7) is 1.73. The lowest BCUT2D eigenvalue weighted by atomic mass is 9.98. The van der Waals surface area contributed by atoms with E-state index in [-0.39, 0.29) is 30.4 Å². The van der Waals surface area contributed by atoms with Crippen molar-refractivity contribution in [3.63, 3.8) is 0 Å². The molecule has 0 spiro atoms. The molecule has 8 nitrogen and oxygen atoms in total. The Kier molecular flexibility index (Phi) is 8.59. The number of carboxylic acid groups (broad SMARTS) is 1. The van der Waals surface area contributed by atoms with E-state index in [1.807, 2.05) is 78.9 Å². The first-order chi connectivity index (χ1) is 20.3. The molecule has 0 unspecified atom stereocenters. The molecule has 0 bridgehead atoms. The fourth-order valence-electron chi connectivity index (χ4n) is 5.05. The van der Waals surface area contributed by atoms with Crippen LogP contribution in [0.15, 0.2) is 97.1 Å². The van der Waals surface area contributed by atoms with Gasteiger partial charge in [0.15, 0.2) is 6.04 Å². The van der Waals surface area contributed by atoms with E-state index in [0.717, 1.165) is 39.9 Å².